The van der Waals surface area contributed by atoms with Crippen LogP contribution in [0.25, 0.3) is 11.3 Å². The normalized spacial score (nSPS) is 18.1. The van der Waals surface area contributed by atoms with Crippen molar-refractivity contribution in [1.82, 2.24) is 24.9 Å². The first-order chi connectivity index (χ1) is 12.4. The van der Waals surface area contributed by atoms with E-state index in [-0.39, 0.29) is 11.9 Å². The van der Waals surface area contributed by atoms with Gasteiger partial charge in [0, 0.05) is 19.8 Å². The van der Waals surface area contributed by atoms with E-state index in [1.807, 2.05) is 26.8 Å². The number of carbonyl (C=O) groups is 1. The highest BCUT2D eigenvalue weighted by molar-refractivity contribution is 5.77. The molecule has 3 heterocycles. The van der Waals surface area contributed by atoms with Gasteiger partial charge in [-0.1, -0.05) is 11.6 Å². The second kappa shape index (κ2) is 7.53. The van der Waals surface area contributed by atoms with E-state index in [0.717, 1.165) is 60.0 Å². The Morgan fingerprint density at radius 3 is 2.69 bits per heavy atom. The van der Waals surface area contributed by atoms with Crippen molar-refractivity contribution in [3.05, 3.63) is 29.0 Å². The predicted molar refractivity (Wildman–Crippen MR) is 98.6 cm³/mol. The quantitative estimate of drug-likeness (QED) is 0.837. The summed E-state index contributed by atoms with van der Waals surface area (Å²) < 4.78 is 5.30. The van der Waals surface area contributed by atoms with Crippen LogP contribution in [0.5, 0.6) is 0 Å². The van der Waals surface area contributed by atoms with Gasteiger partial charge in [0.15, 0.2) is 0 Å². The first-order valence-electron chi connectivity index (χ1n) is 9.10. The zero-order valence-electron chi connectivity index (χ0n) is 16.2. The van der Waals surface area contributed by atoms with E-state index < -0.39 is 0 Å². The summed E-state index contributed by atoms with van der Waals surface area (Å²) in [6.45, 7) is 7.09. The van der Waals surface area contributed by atoms with E-state index in [1.165, 1.54) is 0 Å². The maximum atomic E-state index is 12.2. The van der Waals surface area contributed by atoms with Crippen molar-refractivity contribution in [2.24, 2.45) is 0 Å². The van der Waals surface area contributed by atoms with Crippen molar-refractivity contribution >= 4 is 5.91 Å². The molecule has 7 nitrogen and oxygen atoms in total. The number of piperidine rings is 1. The van der Waals surface area contributed by atoms with Crippen LogP contribution in [0.4, 0.5) is 0 Å². The molecule has 1 saturated heterocycles. The molecule has 140 valence electrons. The van der Waals surface area contributed by atoms with Crippen LogP contribution in [0, 0.1) is 20.8 Å². The fourth-order valence-electron chi connectivity index (χ4n) is 3.51. The Labute approximate surface area is 154 Å². The molecular formula is C19H27N5O2. The molecule has 0 aliphatic carbocycles. The molecule has 1 atom stereocenters. The summed E-state index contributed by atoms with van der Waals surface area (Å²) in [6, 6.07) is 2.03. The van der Waals surface area contributed by atoms with Crippen LogP contribution >= 0.6 is 0 Å². The molecule has 1 aliphatic heterocycles. The number of amides is 1. The van der Waals surface area contributed by atoms with Gasteiger partial charge in [-0.2, -0.15) is 0 Å². The zero-order valence-corrected chi connectivity index (χ0v) is 16.2. The van der Waals surface area contributed by atoms with Gasteiger partial charge in [-0.15, -0.1) is 0 Å². The van der Waals surface area contributed by atoms with Gasteiger partial charge >= 0.3 is 0 Å². The van der Waals surface area contributed by atoms with Gasteiger partial charge in [0.2, 0.25) is 5.91 Å². The van der Waals surface area contributed by atoms with Gasteiger partial charge in [-0.3, -0.25) is 9.69 Å². The average Bonchev–Trinajstić information content (AvgIpc) is 2.93. The molecule has 0 unspecified atom stereocenters. The van der Waals surface area contributed by atoms with Gasteiger partial charge in [-0.25, -0.2) is 9.97 Å². The van der Waals surface area contributed by atoms with Crippen molar-refractivity contribution < 1.29 is 9.32 Å². The first-order valence-corrected chi connectivity index (χ1v) is 9.10. The SMILES string of the molecule is Cc1cc(-c2c(C)noc2C)nc([C@H]2CCCCN2CC(=O)N(C)C)n1. The molecule has 0 N–H and O–H groups in total. The van der Waals surface area contributed by atoms with Crippen molar-refractivity contribution in [1.29, 1.82) is 0 Å². The lowest BCUT2D eigenvalue weighted by atomic mass is 10.0. The fourth-order valence-corrected chi connectivity index (χ4v) is 3.51. The molecule has 2 aromatic rings. The summed E-state index contributed by atoms with van der Waals surface area (Å²) in [5.41, 5.74) is 3.51. The van der Waals surface area contributed by atoms with Crippen molar-refractivity contribution in [2.45, 2.75) is 46.1 Å². The minimum absolute atomic E-state index is 0.0618. The van der Waals surface area contributed by atoms with Crippen LogP contribution in [0.15, 0.2) is 10.6 Å². The highest BCUT2D eigenvalue weighted by Gasteiger charge is 2.29. The second-order valence-electron chi connectivity index (χ2n) is 7.22. The maximum absolute atomic E-state index is 12.2. The standard InChI is InChI=1S/C19H27N5O2/c1-12-10-15(18-13(2)22-26-14(18)3)21-19(20-12)16-8-6-7-9-24(16)11-17(25)23(4)5/h10,16H,6-9,11H2,1-5H3/t16-/m1/s1. The Balaban J connectivity index is 1.95. The highest BCUT2D eigenvalue weighted by Crippen LogP contribution is 2.31. The molecule has 1 aliphatic rings. The third-order valence-corrected chi connectivity index (χ3v) is 4.91. The number of likely N-dealkylation sites (tertiary alicyclic amines) is 1. The van der Waals surface area contributed by atoms with E-state index in [2.05, 4.69) is 10.1 Å². The molecule has 2 aromatic heterocycles. The lowest BCUT2D eigenvalue weighted by Crippen LogP contribution is -2.41. The summed E-state index contributed by atoms with van der Waals surface area (Å²) in [7, 11) is 3.58. The third-order valence-electron chi connectivity index (χ3n) is 4.91. The fraction of sp³-hybridized carbons (Fsp3) is 0.579. The summed E-state index contributed by atoms with van der Waals surface area (Å²) in [5, 5.41) is 4.04. The molecule has 0 bridgehead atoms. The van der Waals surface area contributed by atoms with E-state index in [0.29, 0.717) is 6.54 Å². The monoisotopic (exact) mass is 357 g/mol. The molecule has 3 rings (SSSR count). The van der Waals surface area contributed by atoms with Gasteiger partial charge in [0.05, 0.1) is 29.5 Å². The summed E-state index contributed by atoms with van der Waals surface area (Å²) >= 11 is 0. The summed E-state index contributed by atoms with van der Waals surface area (Å²) in [6.07, 6.45) is 3.18. The van der Waals surface area contributed by atoms with Crippen LogP contribution in [0.3, 0.4) is 0 Å². The number of carbonyl (C=O) groups excluding carboxylic acids is 1. The Bertz CT molecular complexity index is 780. The number of likely N-dealkylation sites (N-methyl/N-ethyl adjacent to an activating group) is 1. The predicted octanol–water partition coefficient (Wildman–Crippen LogP) is 2.67. The van der Waals surface area contributed by atoms with Crippen molar-refractivity contribution in [3.63, 3.8) is 0 Å². The molecule has 1 fully saturated rings. The number of rotatable bonds is 4. The Morgan fingerprint density at radius 1 is 1.27 bits per heavy atom. The molecule has 0 spiro atoms. The van der Waals surface area contributed by atoms with E-state index in [9.17, 15) is 4.79 Å². The van der Waals surface area contributed by atoms with Crippen molar-refractivity contribution in [2.75, 3.05) is 27.2 Å². The molecule has 26 heavy (non-hydrogen) atoms. The highest BCUT2D eigenvalue weighted by atomic mass is 16.5. The molecule has 1 amide bonds. The van der Waals surface area contributed by atoms with E-state index in [1.54, 1.807) is 19.0 Å². The number of aromatic nitrogens is 3. The van der Waals surface area contributed by atoms with Gasteiger partial charge in [-0.05, 0) is 46.2 Å². The maximum Gasteiger partial charge on any atom is 0.236 e. The van der Waals surface area contributed by atoms with Gasteiger partial charge in [0.25, 0.3) is 0 Å². The van der Waals surface area contributed by atoms with Crippen LogP contribution in [-0.4, -0.2) is 58.0 Å². The number of nitrogens with zero attached hydrogens (tertiary/aromatic N) is 5. The second-order valence-corrected chi connectivity index (χ2v) is 7.22. The van der Waals surface area contributed by atoms with Gasteiger partial charge < -0.3 is 9.42 Å². The van der Waals surface area contributed by atoms with Crippen molar-refractivity contribution in [3.8, 4) is 11.3 Å². The third kappa shape index (κ3) is 3.77. The van der Waals surface area contributed by atoms with Crippen LogP contribution in [-0.2, 0) is 4.79 Å². The Morgan fingerprint density at radius 2 is 2.04 bits per heavy atom. The molecule has 0 radical (unpaired) electrons. The molecular weight excluding hydrogens is 330 g/mol. The summed E-state index contributed by atoms with van der Waals surface area (Å²) in [4.78, 5) is 25.6. The minimum atomic E-state index is 0.0618. The van der Waals surface area contributed by atoms with Crippen LogP contribution < -0.4 is 0 Å². The first kappa shape index (κ1) is 18.5. The lowest BCUT2D eigenvalue weighted by molar-refractivity contribution is -0.130. The number of hydrogen-bond acceptors (Lipinski definition) is 6. The van der Waals surface area contributed by atoms with E-state index in [4.69, 9.17) is 14.5 Å². The van der Waals surface area contributed by atoms with E-state index >= 15 is 0 Å². The van der Waals surface area contributed by atoms with Crippen LogP contribution in [0.2, 0.25) is 0 Å². The molecule has 0 saturated carbocycles. The number of hydrogen-bond donors (Lipinski definition) is 0. The average molecular weight is 357 g/mol. The topological polar surface area (TPSA) is 75.4 Å². The zero-order chi connectivity index (χ0) is 18.8. The molecule has 7 heteroatoms. The largest absolute Gasteiger partial charge is 0.361 e. The Kier molecular flexibility index (Phi) is 5.36. The number of aryl methyl sites for hydroxylation is 3. The minimum Gasteiger partial charge on any atom is -0.361 e. The Hall–Kier alpha value is -2.28. The molecule has 0 aromatic carbocycles. The van der Waals surface area contributed by atoms with Gasteiger partial charge in [0.1, 0.15) is 11.6 Å². The summed E-state index contributed by atoms with van der Waals surface area (Å²) in [5.74, 6) is 1.65. The lowest BCUT2D eigenvalue weighted by Gasteiger charge is -2.34. The smallest absolute Gasteiger partial charge is 0.236 e. The van der Waals surface area contributed by atoms with Crippen LogP contribution in [0.1, 0.15) is 48.3 Å².